The quantitative estimate of drug-likeness (QED) is 0.369. The highest BCUT2D eigenvalue weighted by molar-refractivity contribution is 5.51. The van der Waals surface area contributed by atoms with E-state index in [1.54, 1.807) is 24.3 Å². The minimum atomic E-state index is 0.470. The maximum absolute atomic E-state index is 10.1. The second-order valence-electron chi connectivity index (χ2n) is 5.57. The van der Waals surface area contributed by atoms with Crippen LogP contribution in [0.4, 0.5) is 11.4 Å². The molecule has 0 amide bonds. The highest BCUT2D eigenvalue weighted by Crippen LogP contribution is 2.17. The van der Waals surface area contributed by atoms with Crippen LogP contribution in [0.5, 0.6) is 0 Å². The molecule has 0 heterocycles. The van der Waals surface area contributed by atoms with Crippen LogP contribution in [0.15, 0.2) is 68.5 Å². The summed E-state index contributed by atoms with van der Waals surface area (Å²) in [5, 5.41) is 0. The predicted molar refractivity (Wildman–Crippen MR) is 106 cm³/mol. The van der Waals surface area contributed by atoms with Crippen molar-refractivity contribution in [2.75, 3.05) is 13.1 Å². The molecule has 0 fully saturated rings. The van der Waals surface area contributed by atoms with Gasteiger partial charge in [0.25, 0.3) is 0 Å². The lowest BCUT2D eigenvalue weighted by Gasteiger charge is -2.02. The number of isocyanates is 4. The maximum atomic E-state index is 10.1. The Morgan fingerprint density at radius 2 is 0.931 bits per heavy atom. The van der Waals surface area contributed by atoms with Gasteiger partial charge in [-0.15, -0.1) is 0 Å². The van der Waals surface area contributed by atoms with Gasteiger partial charge in [-0.2, -0.15) is 9.98 Å². The molecule has 0 bridgehead atoms. The van der Waals surface area contributed by atoms with Gasteiger partial charge in [-0.05, 0) is 54.7 Å². The van der Waals surface area contributed by atoms with Crippen molar-refractivity contribution in [3.63, 3.8) is 0 Å². The molecule has 29 heavy (non-hydrogen) atoms. The number of hydrogen-bond acceptors (Lipinski definition) is 8. The number of nitrogens with zero attached hydrogens (tertiary/aromatic N) is 4. The zero-order chi connectivity index (χ0) is 21.2. The smallest absolute Gasteiger partial charge is 0.211 e. The standard InChI is InChI=1S/C15H10N2O2.C6H8N2O2/c18-10-16-14-5-1-12(2-6-14)9-13-3-7-15(8-4-13)17-11-19;9-5-7-3-1-2-4-8-6-10/h1-8H,9H2;1-4H2. The summed E-state index contributed by atoms with van der Waals surface area (Å²) in [5.74, 6) is 0. The van der Waals surface area contributed by atoms with Crippen LogP contribution in [-0.4, -0.2) is 37.4 Å². The maximum Gasteiger partial charge on any atom is 0.240 e. The van der Waals surface area contributed by atoms with E-state index >= 15 is 0 Å². The summed E-state index contributed by atoms with van der Waals surface area (Å²) in [6.07, 6.45) is 8.15. The molecule has 8 heteroatoms. The summed E-state index contributed by atoms with van der Waals surface area (Å²) in [4.78, 5) is 53.0. The van der Waals surface area contributed by atoms with Gasteiger partial charge in [0.15, 0.2) is 0 Å². The van der Waals surface area contributed by atoms with Crippen molar-refractivity contribution in [1.82, 2.24) is 0 Å². The molecule has 0 aromatic heterocycles. The van der Waals surface area contributed by atoms with Gasteiger partial charge in [0.1, 0.15) is 0 Å². The molecule has 0 unspecified atom stereocenters. The van der Waals surface area contributed by atoms with Gasteiger partial charge < -0.3 is 0 Å². The zero-order valence-corrected chi connectivity index (χ0v) is 15.6. The van der Waals surface area contributed by atoms with Gasteiger partial charge in [0.2, 0.25) is 24.3 Å². The molecule has 0 radical (unpaired) electrons. The lowest BCUT2D eigenvalue weighted by atomic mass is 10.0. The first-order valence-electron chi connectivity index (χ1n) is 8.64. The first kappa shape index (κ1) is 23.0. The minimum Gasteiger partial charge on any atom is -0.211 e. The van der Waals surface area contributed by atoms with Crippen molar-refractivity contribution < 1.29 is 19.2 Å². The molecule has 0 N–H and O–H groups in total. The minimum absolute atomic E-state index is 0.470. The fourth-order valence-electron chi connectivity index (χ4n) is 2.19. The summed E-state index contributed by atoms with van der Waals surface area (Å²) in [5.41, 5.74) is 3.40. The fraction of sp³-hybridized carbons (Fsp3) is 0.238. The number of rotatable bonds is 9. The molecule has 2 rings (SSSR count). The van der Waals surface area contributed by atoms with E-state index in [1.165, 1.54) is 24.3 Å². The van der Waals surface area contributed by atoms with Crippen molar-refractivity contribution >= 4 is 35.7 Å². The Hall–Kier alpha value is -4.04. The monoisotopic (exact) mass is 390 g/mol. The van der Waals surface area contributed by atoms with Gasteiger partial charge in [-0.25, -0.2) is 29.2 Å². The van der Waals surface area contributed by atoms with Crippen molar-refractivity contribution in [2.45, 2.75) is 19.3 Å². The molecule has 0 spiro atoms. The predicted octanol–water partition coefficient (Wildman–Crippen LogP) is 3.65. The molecule has 146 valence electrons. The molecule has 2 aromatic carbocycles. The van der Waals surface area contributed by atoms with E-state index in [-0.39, 0.29) is 0 Å². The highest BCUT2D eigenvalue weighted by atomic mass is 16.1. The van der Waals surface area contributed by atoms with E-state index in [1.807, 2.05) is 24.3 Å². The third-order valence-corrected chi connectivity index (χ3v) is 3.55. The van der Waals surface area contributed by atoms with Crippen LogP contribution in [0.25, 0.3) is 0 Å². The first-order valence-corrected chi connectivity index (χ1v) is 8.64. The van der Waals surface area contributed by atoms with Crippen molar-refractivity contribution in [1.29, 1.82) is 0 Å². The molecular formula is C21H18N4O4. The lowest BCUT2D eigenvalue weighted by molar-refractivity contribution is 0.559. The Kier molecular flexibility index (Phi) is 11.9. The van der Waals surface area contributed by atoms with Crippen LogP contribution in [-0.2, 0) is 25.6 Å². The molecule has 2 aromatic rings. The van der Waals surface area contributed by atoms with E-state index in [2.05, 4.69) is 20.0 Å². The van der Waals surface area contributed by atoms with Crippen molar-refractivity contribution in [3.8, 4) is 0 Å². The number of aliphatic imine (C=N–C) groups is 4. The summed E-state index contributed by atoms with van der Waals surface area (Å²) >= 11 is 0. The lowest BCUT2D eigenvalue weighted by Crippen LogP contribution is -1.86. The summed E-state index contributed by atoms with van der Waals surface area (Å²) in [6.45, 7) is 0.940. The van der Waals surface area contributed by atoms with Crippen molar-refractivity contribution in [3.05, 3.63) is 59.7 Å². The largest absolute Gasteiger partial charge is 0.240 e. The van der Waals surface area contributed by atoms with Gasteiger partial charge in [-0.3, -0.25) is 0 Å². The number of benzene rings is 2. The van der Waals surface area contributed by atoms with Gasteiger partial charge in [0.05, 0.1) is 24.5 Å². The van der Waals surface area contributed by atoms with Crippen LogP contribution >= 0.6 is 0 Å². The van der Waals surface area contributed by atoms with Gasteiger partial charge in [0, 0.05) is 0 Å². The molecule has 0 aliphatic heterocycles. The van der Waals surface area contributed by atoms with E-state index in [0.29, 0.717) is 24.5 Å². The van der Waals surface area contributed by atoms with Crippen LogP contribution in [0, 0.1) is 0 Å². The van der Waals surface area contributed by atoms with Crippen LogP contribution in [0.1, 0.15) is 24.0 Å². The van der Waals surface area contributed by atoms with E-state index in [9.17, 15) is 19.2 Å². The van der Waals surface area contributed by atoms with Crippen LogP contribution < -0.4 is 0 Å². The summed E-state index contributed by atoms with van der Waals surface area (Å²) < 4.78 is 0. The second-order valence-corrected chi connectivity index (χ2v) is 5.57. The van der Waals surface area contributed by atoms with Gasteiger partial charge in [-0.1, -0.05) is 24.3 Å². The van der Waals surface area contributed by atoms with Crippen LogP contribution in [0.2, 0.25) is 0 Å². The zero-order valence-electron chi connectivity index (χ0n) is 15.6. The Morgan fingerprint density at radius 1 is 0.552 bits per heavy atom. The topological polar surface area (TPSA) is 118 Å². The molecule has 0 saturated carbocycles. The number of carbonyl (C=O) groups excluding carboxylic acids is 4. The molecule has 0 atom stereocenters. The summed E-state index contributed by atoms with van der Waals surface area (Å²) in [6, 6.07) is 14.7. The molecule has 0 saturated heterocycles. The Morgan fingerprint density at radius 3 is 1.24 bits per heavy atom. The molecular weight excluding hydrogens is 372 g/mol. The Balaban J connectivity index is 0.000000359. The van der Waals surface area contributed by atoms with Crippen LogP contribution in [0.3, 0.4) is 0 Å². The normalized spacial score (nSPS) is 8.69. The average Bonchev–Trinajstić information content (AvgIpc) is 2.74. The molecule has 0 aliphatic rings. The second kappa shape index (κ2) is 15.1. The third-order valence-electron chi connectivity index (χ3n) is 3.55. The first-order chi connectivity index (χ1) is 14.2. The average molecular weight is 390 g/mol. The fourth-order valence-corrected chi connectivity index (χ4v) is 2.19. The number of hydrogen-bond donors (Lipinski definition) is 0. The highest BCUT2D eigenvalue weighted by Gasteiger charge is 1.97. The van der Waals surface area contributed by atoms with E-state index < -0.39 is 0 Å². The third kappa shape index (κ3) is 10.6. The van der Waals surface area contributed by atoms with Gasteiger partial charge >= 0.3 is 0 Å². The van der Waals surface area contributed by atoms with Crippen molar-refractivity contribution in [2.24, 2.45) is 20.0 Å². The van der Waals surface area contributed by atoms with E-state index in [4.69, 9.17) is 0 Å². The number of unbranched alkanes of at least 4 members (excludes halogenated alkanes) is 1. The molecule has 8 nitrogen and oxygen atoms in total. The SMILES string of the molecule is O=C=NCCCCN=C=O.O=C=Nc1ccc(Cc2ccc(N=C=O)cc2)cc1. The molecule has 0 aliphatic carbocycles. The summed E-state index contributed by atoms with van der Waals surface area (Å²) in [7, 11) is 0. The van der Waals surface area contributed by atoms with E-state index in [0.717, 1.165) is 30.4 Å². The Labute approximate surface area is 167 Å². The Bertz CT molecular complexity index is 866.